The van der Waals surface area contributed by atoms with Crippen molar-refractivity contribution in [3.05, 3.63) is 59.2 Å². The van der Waals surface area contributed by atoms with E-state index >= 15 is 0 Å². The van der Waals surface area contributed by atoms with Gasteiger partial charge in [-0.15, -0.1) is 11.8 Å². The van der Waals surface area contributed by atoms with Gasteiger partial charge < -0.3 is 5.32 Å². The van der Waals surface area contributed by atoms with E-state index in [-0.39, 0.29) is 11.7 Å². The van der Waals surface area contributed by atoms with Gasteiger partial charge in [-0.2, -0.15) is 0 Å². The van der Waals surface area contributed by atoms with Gasteiger partial charge in [0.25, 0.3) is 0 Å². The van der Waals surface area contributed by atoms with Crippen LogP contribution in [0.25, 0.3) is 0 Å². The zero-order valence-electron chi connectivity index (χ0n) is 11.1. The van der Waals surface area contributed by atoms with Gasteiger partial charge in [0.05, 0.1) is 6.04 Å². The third-order valence-corrected chi connectivity index (χ3v) is 4.68. The van der Waals surface area contributed by atoms with Gasteiger partial charge in [-0.05, 0) is 36.6 Å². The van der Waals surface area contributed by atoms with Crippen molar-refractivity contribution in [2.75, 3.05) is 11.1 Å². The second-order valence-corrected chi connectivity index (χ2v) is 6.06. The molecule has 3 rings (SSSR count). The monoisotopic (exact) mass is 291 g/mol. The minimum absolute atomic E-state index is 0.0169. The highest BCUT2D eigenvalue weighted by atomic mass is 32.2. The van der Waals surface area contributed by atoms with Crippen LogP contribution in [0.1, 0.15) is 23.6 Å². The van der Waals surface area contributed by atoms with Crippen molar-refractivity contribution in [2.24, 2.45) is 0 Å². The number of hydrogen-bond acceptors (Lipinski definition) is 2. The van der Waals surface area contributed by atoms with Crippen LogP contribution in [-0.4, -0.2) is 5.75 Å². The third-order valence-electron chi connectivity index (χ3n) is 3.56. The summed E-state index contributed by atoms with van der Waals surface area (Å²) >= 11 is 1.79. The van der Waals surface area contributed by atoms with E-state index < -0.39 is 11.6 Å². The van der Waals surface area contributed by atoms with E-state index in [0.29, 0.717) is 5.56 Å². The van der Waals surface area contributed by atoms with Gasteiger partial charge in [0.2, 0.25) is 0 Å². The molecule has 0 saturated heterocycles. The van der Waals surface area contributed by atoms with E-state index in [0.717, 1.165) is 17.7 Å². The molecule has 4 heteroatoms. The second-order valence-electron chi connectivity index (χ2n) is 4.93. The molecule has 104 valence electrons. The molecular weight excluding hydrogens is 276 g/mol. The van der Waals surface area contributed by atoms with Gasteiger partial charge in [-0.25, -0.2) is 8.78 Å². The molecule has 0 radical (unpaired) electrons. The first-order valence-corrected chi connectivity index (χ1v) is 7.58. The highest BCUT2D eigenvalue weighted by Gasteiger charge is 2.22. The second kappa shape index (κ2) is 5.44. The number of hydrogen-bond donors (Lipinski definition) is 1. The molecule has 0 aromatic heterocycles. The van der Waals surface area contributed by atoms with Crippen molar-refractivity contribution in [1.29, 1.82) is 0 Å². The maximum Gasteiger partial charge on any atom is 0.152 e. The molecule has 0 amide bonds. The largest absolute Gasteiger partial charge is 0.373 e. The third kappa shape index (κ3) is 2.40. The fourth-order valence-corrected chi connectivity index (χ4v) is 3.58. The topological polar surface area (TPSA) is 12.0 Å². The molecule has 1 N–H and O–H groups in total. The molecule has 0 saturated carbocycles. The lowest BCUT2D eigenvalue weighted by Gasteiger charge is -2.27. The minimum Gasteiger partial charge on any atom is -0.373 e. The SMILES string of the molecule is Cc1ccc(F)c(NC2CCSc3ccccc32)c1F. The number of thioether (sulfide) groups is 1. The maximum atomic E-state index is 14.1. The zero-order chi connectivity index (χ0) is 14.1. The van der Waals surface area contributed by atoms with Crippen LogP contribution < -0.4 is 5.32 Å². The highest BCUT2D eigenvalue weighted by molar-refractivity contribution is 7.99. The minimum atomic E-state index is -0.538. The summed E-state index contributed by atoms with van der Waals surface area (Å²) in [7, 11) is 0. The molecule has 1 nitrogen and oxygen atoms in total. The summed E-state index contributed by atoms with van der Waals surface area (Å²) in [5.74, 6) is -0.0893. The summed E-state index contributed by atoms with van der Waals surface area (Å²) in [6.07, 6.45) is 0.856. The van der Waals surface area contributed by atoms with Crippen molar-refractivity contribution in [1.82, 2.24) is 0 Å². The predicted octanol–water partition coefficient (Wildman–Crippen LogP) is 4.92. The van der Waals surface area contributed by atoms with Crippen LogP contribution in [-0.2, 0) is 0 Å². The van der Waals surface area contributed by atoms with Crippen molar-refractivity contribution < 1.29 is 8.78 Å². The van der Waals surface area contributed by atoms with Crippen LogP contribution in [0.3, 0.4) is 0 Å². The first kappa shape index (κ1) is 13.4. The first-order valence-electron chi connectivity index (χ1n) is 6.59. The van der Waals surface area contributed by atoms with Crippen molar-refractivity contribution in [3.63, 3.8) is 0 Å². The fourth-order valence-electron chi connectivity index (χ4n) is 2.46. The van der Waals surface area contributed by atoms with Crippen LogP contribution in [0.5, 0.6) is 0 Å². The molecular formula is C16H15F2NS. The Bertz CT molecular complexity index is 642. The van der Waals surface area contributed by atoms with Gasteiger partial charge in [0.1, 0.15) is 11.5 Å². The maximum absolute atomic E-state index is 14.1. The lowest BCUT2D eigenvalue weighted by Crippen LogP contribution is -2.17. The molecule has 1 atom stereocenters. The Kier molecular flexibility index (Phi) is 3.66. The number of halogens is 2. The molecule has 1 heterocycles. The predicted molar refractivity (Wildman–Crippen MR) is 79.2 cm³/mol. The van der Waals surface area contributed by atoms with Crippen LogP contribution in [0.15, 0.2) is 41.3 Å². The molecule has 0 aliphatic carbocycles. The van der Waals surface area contributed by atoms with Crippen molar-refractivity contribution >= 4 is 17.4 Å². The number of aryl methyl sites for hydroxylation is 1. The summed E-state index contributed by atoms with van der Waals surface area (Å²) in [5, 5.41) is 3.05. The lowest BCUT2D eigenvalue weighted by molar-refractivity contribution is 0.574. The Hall–Kier alpha value is -1.55. The van der Waals surface area contributed by atoms with Crippen LogP contribution in [0, 0.1) is 18.6 Å². The normalized spacial score (nSPS) is 17.6. The van der Waals surface area contributed by atoms with Gasteiger partial charge in [0, 0.05) is 10.6 Å². The van der Waals surface area contributed by atoms with E-state index in [1.807, 2.05) is 18.2 Å². The Morgan fingerprint density at radius 2 is 1.95 bits per heavy atom. The van der Waals surface area contributed by atoms with Gasteiger partial charge >= 0.3 is 0 Å². The molecule has 1 unspecified atom stereocenters. The van der Waals surface area contributed by atoms with Crippen LogP contribution in [0.4, 0.5) is 14.5 Å². The lowest BCUT2D eigenvalue weighted by atomic mass is 10.0. The quantitative estimate of drug-likeness (QED) is 0.842. The summed E-state index contributed by atoms with van der Waals surface area (Å²) in [6.45, 7) is 1.64. The number of fused-ring (bicyclic) bond motifs is 1. The molecule has 1 aliphatic rings. The Morgan fingerprint density at radius 1 is 1.15 bits per heavy atom. The smallest absolute Gasteiger partial charge is 0.152 e. The van der Waals surface area contributed by atoms with E-state index in [1.54, 1.807) is 18.7 Å². The summed E-state index contributed by atoms with van der Waals surface area (Å²) in [4.78, 5) is 1.18. The molecule has 20 heavy (non-hydrogen) atoms. The number of nitrogens with one attached hydrogen (secondary N) is 1. The van der Waals surface area contributed by atoms with Crippen LogP contribution in [0.2, 0.25) is 0 Å². The molecule has 2 aromatic rings. The van der Waals surface area contributed by atoms with Gasteiger partial charge in [0.15, 0.2) is 5.82 Å². The summed E-state index contributed by atoms with van der Waals surface area (Å²) < 4.78 is 27.9. The number of benzene rings is 2. The van der Waals surface area contributed by atoms with E-state index in [2.05, 4.69) is 11.4 Å². The number of rotatable bonds is 2. The van der Waals surface area contributed by atoms with E-state index in [1.165, 1.54) is 17.0 Å². The molecule has 0 bridgehead atoms. The standard InChI is InChI=1S/C16H15F2NS/c1-10-6-7-12(17)16(15(10)18)19-13-8-9-20-14-5-3-2-4-11(13)14/h2-7,13,19H,8-9H2,1H3. The Balaban J connectivity index is 1.96. The van der Waals surface area contributed by atoms with Crippen molar-refractivity contribution in [2.45, 2.75) is 24.3 Å². The average molecular weight is 291 g/mol. The molecule has 0 fully saturated rings. The molecule has 0 spiro atoms. The van der Waals surface area contributed by atoms with Gasteiger partial charge in [-0.1, -0.05) is 24.3 Å². The van der Waals surface area contributed by atoms with E-state index in [4.69, 9.17) is 0 Å². The van der Waals surface area contributed by atoms with Crippen LogP contribution >= 0.6 is 11.8 Å². The first-order chi connectivity index (χ1) is 9.66. The molecule has 1 aliphatic heterocycles. The van der Waals surface area contributed by atoms with E-state index in [9.17, 15) is 8.78 Å². The summed E-state index contributed by atoms with van der Waals surface area (Å²) in [6, 6.07) is 10.7. The van der Waals surface area contributed by atoms with Crippen molar-refractivity contribution in [3.8, 4) is 0 Å². The average Bonchev–Trinajstić information content (AvgIpc) is 2.48. The molecule has 2 aromatic carbocycles. The number of anilines is 1. The zero-order valence-corrected chi connectivity index (χ0v) is 11.9. The highest BCUT2D eigenvalue weighted by Crippen LogP contribution is 2.38. The van der Waals surface area contributed by atoms with Gasteiger partial charge in [-0.3, -0.25) is 0 Å². The fraction of sp³-hybridized carbons (Fsp3) is 0.250. The Labute approximate surface area is 121 Å². The Morgan fingerprint density at radius 3 is 2.80 bits per heavy atom. The summed E-state index contributed by atoms with van der Waals surface area (Å²) in [5.41, 5.74) is 1.55.